The van der Waals surface area contributed by atoms with E-state index in [4.69, 9.17) is 94.7 Å². The van der Waals surface area contributed by atoms with E-state index >= 15 is 0 Å². The lowest BCUT2D eigenvalue weighted by molar-refractivity contribution is -0.280. The SMILES string of the molecule is C=CC(=O)OCC(COCC(COC(=O)C=C)(COC(=O)CCC(=O)OCC(COc1ccc(C(C)(C)c2ccc(OCC(COC(=O)CCC(=O)OC(COCC(COC(=O)C=C)(OC(=O)C=C)OC(=O)C=C)(COC(=O)C=C)OC(=O)C=C)OC(=O)C3CC=CCC3C(=O)O)cc2)cc1)OC(=O)C1CC=CCC1C(=O)O)OC(=O)C=C)(COC(=O)C=C)OC(=O)C=C. The van der Waals surface area contributed by atoms with E-state index in [-0.39, 0.29) is 37.2 Å². The molecule has 2 aromatic rings. The average Bonchev–Trinajstić information content (AvgIpc) is 0.793. The summed E-state index contributed by atoms with van der Waals surface area (Å²) >= 11 is 0. The van der Waals surface area contributed by atoms with E-state index in [1.807, 2.05) is 13.8 Å². The van der Waals surface area contributed by atoms with Crippen molar-refractivity contribution >= 4 is 107 Å². The fraction of sp³-hybridized carbons (Fsp3) is 0.393. The summed E-state index contributed by atoms with van der Waals surface area (Å²) in [5.74, 6) is -30.6. The third-order valence-electron chi connectivity index (χ3n) is 18.3. The van der Waals surface area contributed by atoms with Crippen molar-refractivity contribution in [3.8, 4) is 11.5 Å². The molecule has 0 amide bonds. The van der Waals surface area contributed by atoms with Gasteiger partial charge in [-0.1, -0.05) is 128 Å². The van der Waals surface area contributed by atoms with Gasteiger partial charge in [-0.15, -0.1) is 0 Å². The first-order valence-corrected chi connectivity index (χ1v) is 39.0. The highest BCUT2D eigenvalue weighted by atomic mass is 16.8. The number of carboxylic acid groups (broad SMARTS) is 2. The number of rotatable bonds is 60. The highest BCUT2D eigenvalue weighted by Gasteiger charge is 2.48. The van der Waals surface area contributed by atoms with Crippen LogP contribution >= 0.6 is 0 Å². The zero-order valence-corrected chi connectivity index (χ0v) is 70.7. The third kappa shape index (κ3) is 36.8. The van der Waals surface area contributed by atoms with Gasteiger partial charge in [0.15, 0.2) is 25.4 Å². The minimum Gasteiger partial charge on any atom is -0.490 e. The zero-order chi connectivity index (χ0) is 95.9. The Morgan fingerprint density at radius 1 is 0.318 bits per heavy atom. The summed E-state index contributed by atoms with van der Waals surface area (Å²) in [5.41, 5.74) is -3.85. The molecule has 4 rings (SSSR count). The third-order valence-corrected chi connectivity index (χ3v) is 18.3. The molecule has 129 heavy (non-hydrogen) atoms. The van der Waals surface area contributed by atoms with E-state index in [2.05, 4.69) is 65.8 Å². The number of carbonyl (C=O) groups excluding carboxylic acids is 16. The molecule has 8 unspecified atom stereocenters. The molecule has 0 saturated carbocycles. The van der Waals surface area contributed by atoms with Crippen molar-refractivity contribution in [3.63, 3.8) is 0 Å². The van der Waals surface area contributed by atoms with Crippen LogP contribution in [0.5, 0.6) is 11.5 Å². The van der Waals surface area contributed by atoms with Gasteiger partial charge >= 0.3 is 119 Å². The van der Waals surface area contributed by atoms with E-state index in [1.165, 1.54) is 0 Å². The maximum Gasteiger partial charge on any atom is 0.333 e. The van der Waals surface area contributed by atoms with Crippen LogP contribution in [0.15, 0.2) is 199 Å². The number of carbonyl (C=O) groups is 18. The van der Waals surface area contributed by atoms with Crippen molar-refractivity contribution in [2.75, 3.05) is 92.5 Å². The first-order valence-electron chi connectivity index (χ1n) is 39.0. The molecule has 0 aliphatic heterocycles. The van der Waals surface area contributed by atoms with Gasteiger partial charge < -0.3 is 105 Å². The number of hydrogen-bond acceptors (Lipinski definition) is 38. The van der Waals surface area contributed by atoms with Crippen molar-refractivity contribution < 1.29 is 191 Å². The van der Waals surface area contributed by atoms with Crippen LogP contribution in [-0.4, -0.2) is 245 Å². The van der Waals surface area contributed by atoms with Crippen molar-refractivity contribution in [1.29, 1.82) is 0 Å². The Bertz CT molecular complexity index is 4480. The highest BCUT2D eigenvalue weighted by Crippen LogP contribution is 2.35. The van der Waals surface area contributed by atoms with Crippen LogP contribution in [0.4, 0.5) is 0 Å². The molecule has 0 bridgehead atoms. The fourth-order valence-electron chi connectivity index (χ4n) is 11.4. The summed E-state index contributed by atoms with van der Waals surface area (Å²) in [4.78, 5) is 231. The standard InChI is InChI=1S/C89H100O40/c1-13-67(90)116-49-86(124-72(95)18-6,50-117-68(91)14-2)47-110-48-87(125-73(96)19-7,51-118-69(92)15-3)52-119-79(102)40-39-77(100)114-45-61(122-83(108)65-29-25-23-27-63(65)81(104)105)43-112-59-35-31-57(32-36-59)85(11,12)58-33-37-60(38-34-58)113-44-62(123-84(109)66-30-26-24-28-64(66)82(106)107)46-115-78(101)41-42-80(103)129-89(128-76(99)22-10,56-121-71(94)17-5)54-111-53-88(126-74(97)20-8,127-75(98)21-9)55-120-70(93)16-4/h13-26,31-38,61-66H,1-10,27-30,39-56H2,11-12H3,(H,104,105)(H,106,107). The summed E-state index contributed by atoms with van der Waals surface area (Å²) in [6.07, 6.45) is 7.25. The molecule has 2 aromatic carbocycles. The van der Waals surface area contributed by atoms with Crippen LogP contribution in [0.1, 0.15) is 76.3 Å². The molecule has 2 aliphatic rings. The van der Waals surface area contributed by atoms with Gasteiger partial charge in [0.05, 0.1) is 62.6 Å². The minimum atomic E-state index is -2.81. The highest BCUT2D eigenvalue weighted by molar-refractivity contribution is 5.88. The quantitative estimate of drug-likeness (QED) is 0.0257. The summed E-state index contributed by atoms with van der Waals surface area (Å²) in [6.45, 7) is 24.3. The van der Waals surface area contributed by atoms with Crippen LogP contribution in [0.2, 0.25) is 0 Å². The van der Waals surface area contributed by atoms with Gasteiger partial charge in [-0.25, -0.2) is 47.9 Å². The van der Waals surface area contributed by atoms with Gasteiger partial charge in [-0.05, 0) is 61.1 Å². The van der Waals surface area contributed by atoms with Gasteiger partial charge in [-0.2, -0.15) is 0 Å². The Hall–Kier alpha value is -14.7. The Labute approximate surface area is 739 Å². The van der Waals surface area contributed by atoms with Gasteiger partial charge in [-0.3, -0.25) is 38.4 Å². The molecule has 0 radical (unpaired) electrons. The van der Waals surface area contributed by atoms with Crippen LogP contribution in [0, 0.1) is 23.7 Å². The largest absolute Gasteiger partial charge is 0.490 e. The lowest BCUT2D eigenvalue weighted by Crippen LogP contribution is -2.53. The first-order chi connectivity index (χ1) is 61.3. The number of carboxylic acids is 2. The van der Waals surface area contributed by atoms with Crippen LogP contribution < -0.4 is 9.47 Å². The predicted molar refractivity (Wildman–Crippen MR) is 439 cm³/mol. The zero-order valence-electron chi connectivity index (χ0n) is 70.7. The lowest BCUT2D eigenvalue weighted by atomic mass is 9.78. The lowest BCUT2D eigenvalue weighted by Gasteiger charge is -2.35. The second-order valence-corrected chi connectivity index (χ2v) is 28.3. The van der Waals surface area contributed by atoms with E-state index in [0.717, 1.165) is 24.3 Å². The van der Waals surface area contributed by atoms with Gasteiger partial charge in [0.25, 0.3) is 0 Å². The van der Waals surface area contributed by atoms with E-state index < -0.39 is 290 Å². The molecule has 0 aromatic heterocycles. The number of hydrogen-bond donors (Lipinski definition) is 2. The van der Waals surface area contributed by atoms with E-state index in [1.54, 1.807) is 72.8 Å². The van der Waals surface area contributed by atoms with Gasteiger partial charge in [0.2, 0.25) is 11.2 Å². The van der Waals surface area contributed by atoms with Crippen LogP contribution in [-0.2, 0) is 177 Å². The number of aliphatic carboxylic acids is 2. The molecule has 2 N–H and O–H groups in total. The number of allylic oxidation sites excluding steroid dienone is 4. The Morgan fingerprint density at radius 3 is 0.907 bits per heavy atom. The first kappa shape index (κ1) is 107. The van der Waals surface area contributed by atoms with E-state index in [9.17, 15) is 96.5 Å². The summed E-state index contributed by atoms with van der Waals surface area (Å²) < 4.78 is 109. The maximum absolute atomic E-state index is 13.8. The Kier molecular flexibility index (Phi) is 44.3. The molecular formula is C89H100O40. The molecule has 0 spiro atoms. The average molecular weight is 1810 g/mol. The molecule has 40 heteroatoms. The summed E-state index contributed by atoms with van der Waals surface area (Å²) in [5, 5.41) is 20.0. The van der Waals surface area contributed by atoms with Gasteiger partial charge in [0, 0.05) is 66.2 Å². The summed E-state index contributed by atoms with van der Waals surface area (Å²) in [6, 6.07) is 13.1. The predicted octanol–water partition coefficient (Wildman–Crippen LogP) is 5.86. The maximum atomic E-state index is 13.8. The van der Waals surface area contributed by atoms with Crippen molar-refractivity contribution in [2.45, 2.75) is 106 Å². The molecule has 0 heterocycles. The smallest absolute Gasteiger partial charge is 0.333 e. The Balaban J connectivity index is 1.53. The molecule has 0 fully saturated rings. The molecule has 0 saturated heterocycles. The second kappa shape index (κ2) is 53.6. The minimum absolute atomic E-state index is 0.00132. The fourth-order valence-corrected chi connectivity index (χ4v) is 11.4. The monoisotopic (exact) mass is 1810 g/mol. The second-order valence-electron chi connectivity index (χ2n) is 28.3. The number of ether oxygens (including phenoxy) is 20. The molecule has 2 aliphatic carbocycles. The van der Waals surface area contributed by atoms with Gasteiger partial charge in [0.1, 0.15) is 77.6 Å². The molecule has 40 nitrogen and oxygen atoms in total. The van der Waals surface area contributed by atoms with Crippen LogP contribution in [0.3, 0.4) is 0 Å². The van der Waals surface area contributed by atoms with Crippen molar-refractivity contribution in [1.82, 2.24) is 0 Å². The summed E-state index contributed by atoms with van der Waals surface area (Å²) in [7, 11) is 0. The van der Waals surface area contributed by atoms with Crippen molar-refractivity contribution in [2.24, 2.45) is 23.7 Å². The number of benzene rings is 2. The topological polar surface area (TPSA) is 532 Å². The number of esters is 16. The Morgan fingerprint density at radius 2 is 0.589 bits per heavy atom. The van der Waals surface area contributed by atoms with Crippen LogP contribution in [0.25, 0.3) is 0 Å². The normalized spacial score (nSPS) is 15.7. The molecule has 8 atom stereocenters. The van der Waals surface area contributed by atoms with E-state index in [0.29, 0.717) is 47.6 Å². The molecular weight excluding hydrogens is 1710 g/mol. The molecule has 696 valence electrons. The van der Waals surface area contributed by atoms with Crippen molar-refractivity contribution in [3.05, 3.63) is 211 Å².